The molecule has 0 saturated carbocycles. The molecule has 1 aromatic rings. The Morgan fingerprint density at radius 1 is 1.41 bits per heavy atom. The summed E-state index contributed by atoms with van der Waals surface area (Å²) in [7, 11) is 0. The van der Waals surface area contributed by atoms with Crippen molar-refractivity contribution in [1.82, 2.24) is 5.32 Å². The molecule has 92 valence electrons. The summed E-state index contributed by atoms with van der Waals surface area (Å²) < 4.78 is 5.50. The molecule has 1 aliphatic rings. The standard InChI is InChI=1S/C15H21NO/c1-2-17-15-10-6-7-13(11-15)12-16-14-8-4-3-5-9-14/h4,6-8,10-11,14,16H,2-3,5,9,12H2,1H3. The second-order valence-electron chi connectivity index (χ2n) is 4.43. The largest absolute Gasteiger partial charge is 0.494 e. The van der Waals surface area contributed by atoms with Gasteiger partial charge in [-0.1, -0.05) is 24.3 Å². The smallest absolute Gasteiger partial charge is 0.119 e. The van der Waals surface area contributed by atoms with Crippen molar-refractivity contribution >= 4 is 0 Å². The second kappa shape index (κ2) is 6.45. The highest BCUT2D eigenvalue weighted by Gasteiger charge is 2.07. The number of nitrogens with one attached hydrogen (secondary N) is 1. The Hall–Kier alpha value is -1.28. The molecule has 0 amide bonds. The topological polar surface area (TPSA) is 21.3 Å². The summed E-state index contributed by atoms with van der Waals surface area (Å²) in [6, 6.07) is 8.86. The third kappa shape index (κ3) is 3.90. The Kier molecular flexibility index (Phi) is 4.63. The molecule has 2 rings (SSSR count). The Balaban J connectivity index is 1.87. The van der Waals surface area contributed by atoms with Gasteiger partial charge in [0.25, 0.3) is 0 Å². The first-order valence-corrected chi connectivity index (χ1v) is 6.50. The molecule has 1 aliphatic carbocycles. The Bertz CT molecular complexity index is 373. The van der Waals surface area contributed by atoms with Crippen molar-refractivity contribution in [3.63, 3.8) is 0 Å². The molecule has 1 atom stereocenters. The van der Waals surface area contributed by atoms with Gasteiger partial charge >= 0.3 is 0 Å². The monoisotopic (exact) mass is 231 g/mol. The van der Waals surface area contributed by atoms with Gasteiger partial charge in [-0.2, -0.15) is 0 Å². The lowest BCUT2D eigenvalue weighted by atomic mass is 10.0. The fraction of sp³-hybridized carbons (Fsp3) is 0.467. The maximum atomic E-state index is 5.50. The number of allylic oxidation sites excluding steroid dienone is 1. The van der Waals surface area contributed by atoms with Crippen molar-refractivity contribution in [2.24, 2.45) is 0 Å². The van der Waals surface area contributed by atoms with E-state index in [-0.39, 0.29) is 0 Å². The van der Waals surface area contributed by atoms with Gasteiger partial charge in [0.15, 0.2) is 0 Å². The van der Waals surface area contributed by atoms with Gasteiger partial charge < -0.3 is 10.1 Å². The first-order chi connectivity index (χ1) is 8.38. The molecule has 2 nitrogen and oxygen atoms in total. The minimum atomic E-state index is 0.541. The van der Waals surface area contributed by atoms with Gasteiger partial charge in [-0.25, -0.2) is 0 Å². The predicted octanol–water partition coefficient (Wildman–Crippen LogP) is 3.28. The summed E-state index contributed by atoms with van der Waals surface area (Å²) in [4.78, 5) is 0. The first kappa shape index (κ1) is 12.2. The van der Waals surface area contributed by atoms with Gasteiger partial charge in [-0.3, -0.25) is 0 Å². The highest BCUT2D eigenvalue weighted by molar-refractivity contribution is 5.28. The summed E-state index contributed by atoms with van der Waals surface area (Å²) in [6.07, 6.45) is 8.35. The van der Waals surface area contributed by atoms with Gasteiger partial charge in [0.05, 0.1) is 6.61 Å². The van der Waals surface area contributed by atoms with Crippen LogP contribution in [0.4, 0.5) is 0 Å². The molecule has 17 heavy (non-hydrogen) atoms. The number of hydrogen-bond acceptors (Lipinski definition) is 2. The van der Waals surface area contributed by atoms with Crippen molar-refractivity contribution < 1.29 is 4.74 Å². The Morgan fingerprint density at radius 2 is 2.35 bits per heavy atom. The van der Waals surface area contributed by atoms with E-state index in [9.17, 15) is 0 Å². The van der Waals surface area contributed by atoms with E-state index in [4.69, 9.17) is 4.74 Å². The first-order valence-electron chi connectivity index (χ1n) is 6.50. The normalized spacial score (nSPS) is 19.2. The molecule has 0 saturated heterocycles. The number of benzene rings is 1. The van der Waals surface area contributed by atoms with Gasteiger partial charge in [-0.05, 0) is 43.9 Å². The van der Waals surface area contributed by atoms with E-state index >= 15 is 0 Å². The molecular weight excluding hydrogens is 210 g/mol. The lowest BCUT2D eigenvalue weighted by molar-refractivity contribution is 0.339. The van der Waals surface area contributed by atoms with E-state index in [0.29, 0.717) is 6.04 Å². The van der Waals surface area contributed by atoms with Crippen LogP contribution in [0.5, 0.6) is 5.75 Å². The Morgan fingerprint density at radius 3 is 3.12 bits per heavy atom. The summed E-state index contributed by atoms with van der Waals surface area (Å²) >= 11 is 0. The summed E-state index contributed by atoms with van der Waals surface area (Å²) in [5.41, 5.74) is 1.29. The predicted molar refractivity (Wildman–Crippen MR) is 71.2 cm³/mol. The van der Waals surface area contributed by atoms with Crippen molar-refractivity contribution in [3.8, 4) is 5.75 Å². The summed E-state index contributed by atoms with van der Waals surface area (Å²) in [5, 5.41) is 3.56. The lowest BCUT2D eigenvalue weighted by Crippen LogP contribution is -2.27. The molecule has 0 spiro atoms. The molecule has 0 aliphatic heterocycles. The van der Waals surface area contributed by atoms with E-state index in [0.717, 1.165) is 18.9 Å². The minimum absolute atomic E-state index is 0.541. The van der Waals surface area contributed by atoms with Crippen molar-refractivity contribution in [2.75, 3.05) is 6.61 Å². The number of rotatable bonds is 5. The van der Waals surface area contributed by atoms with Crippen LogP contribution in [0.2, 0.25) is 0 Å². The zero-order valence-corrected chi connectivity index (χ0v) is 10.5. The molecular formula is C15H21NO. The van der Waals surface area contributed by atoms with Crippen LogP contribution in [-0.4, -0.2) is 12.6 Å². The number of ether oxygens (including phenoxy) is 1. The molecule has 1 unspecified atom stereocenters. The fourth-order valence-electron chi connectivity index (χ4n) is 2.14. The van der Waals surface area contributed by atoms with Crippen molar-refractivity contribution in [1.29, 1.82) is 0 Å². The second-order valence-corrected chi connectivity index (χ2v) is 4.43. The van der Waals surface area contributed by atoms with E-state index in [1.807, 2.05) is 13.0 Å². The minimum Gasteiger partial charge on any atom is -0.494 e. The van der Waals surface area contributed by atoms with Crippen LogP contribution in [0.15, 0.2) is 36.4 Å². The SMILES string of the molecule is CCOc1cccc(CNC2C=CCCC2)c1. The maximum Gasteiger partial charge on any atom is 0.119 e. The zero-order valence-electron chi connectivity index (χ0n) is 10.5. The molecule has 1 N–H and O–H groups in total. The van der Waals surface area contributed by atoms with Gasteiger partial charge in [-0.15, -0.1) is 0 Å². The van der Waals surface area contributed by atoms with Crippen molar-refractivity contribution in [3.05, 3.63) is 42.0 Å². The average Bonchev–Trinajstić information content (AvgIpc) is 2.39. The van der Waals surface area contributed by atoms with Crippen LogP contribution in [0.1, 0.15) is 31.7 Å². The van der Waals surface area contributed by atoms with E-state index in [2.05, 4.69) is 35.7 Å². The van der Waals surface area contributed by atoms with Crippen LogP contribution in [0.25, 0.3) is 0 Å². The molecule has 0 heterocycles. The van der Waals surface area contributed by atoms with Crippen LogP contribution in [-0.2, 0) is 6.54 Å². The fourth-order valence-corrected chi connectivity index (χ4v) is 2.14. The summed E-state index contributed by atoms with van der Waals surface area (Å²) in [6.45, 7) is 3.65. The van der Waals surface area contributed by atoms with E-state index in [1.165, 1.54) is 24.8 Å². The van der Waals surface area contributed by atoms with Crippen molar-refractivity contribution in [2.45, 2.75) is 38.8 Å². The van der Waals surface area contributed by atoms with E-state index < -0.39 is 0 Å². The Labute approximate surface area is 104 Å². The molecule has 0 fully saturated rings. The highest BCUT2D eigenvalue weighted by atomic mass is 16.5. The van der Waals surface area contributed by atoms with Gasteiger partial charge in [0.1, 0.15) is 5.75 Å². The molecule has 0 aromatic heterocycles. The molecule has 2 heteroatoms. The molecule has 0 bridgehead atoms. The molecule has 1 aromatic carbocycles. The quantitative estimate of drug-likeness (QED) is 0.785. The van der Waals surface area contributed by atoms with Gasteiger partial charge in [0.2, 0.25) is 0 Å². The average molecular weight is 231 g/mol. The highest BCUT2D eigenvalue weighted by Crippen LogP contribution is 2.15. The third-order valence-electron chi connectivity index (χ3n) is 3.03. The number of hydrogen-bond donors (Lipinski definition) is 1. The third-order valence-corrected chi connectivity index (χ3v) is 3.03. The molecule has 0 radical (unpaired) electrons. The van der Waals surface area contributed by atoms with Crippen LogP contribution in [0.3, 0.4) is 0 Å². The van der Waals surface area contributed by atoms with Crippen LogP contribution >= 0.6 is 0 Å². The lowest BCUT2D eigenvalue weighted by Gasteiger charge is -2.18. The zero-order chi connectivity index (χ0) is 11.9. The van der Waals surface area contributed by atoms with Gasteiger partial charge in [0, 0.05) is 12.6 Å². The van der Waals surface area contributed by atoms with Crippen LogP contribution in [0, 0.1) is 0 Å². The maximum absolute atomic E-state index is 5.50. The van der Waals surface area contributed by atoms with E-state index in [1.54, 1.807) is 0 Å². The summed E-state index contributed by atoms with van der Waals surface area (Å²) in [5.74, 6) is 0.964. The van der Waals surface area contributed by atoms with Crippen LogP contribution < -0.4 is 10.1 Å².